The summed E-state index contributed by atoms with van der Waals surface area (Å²) < 4.78 is 15.2. The number of nitrogens with zero attached hydrogens (tertiary/aromatic N) is 3. The minimum Gasteiger partial charge on any atom is -0.294 e. The van der Waals surface area contributed by atoms with Crippen molar-refractivity contribution >= 4 is 17.1 Å². The Kier molecular flexibility index (Phi) is 3.17. The Balaban J connectivity index is 2.33. The second-order valence-electron chi connectivity index (χ2n) is 4.72. The van der Waals surface area contributed by atoms with Gasteiger partial charge in [-0.25, -0.2) is 9.37 Å². The van der Waals surface area contributed by atoms with Crippen molar-refractivity contribution in [3.05, 3.63) is 64.2 Å². The van der Waals surface area contributed by atoms with Gasteiger partial charge >= 0.3 is 0 Å². The molecule has 7 heteroatoms. The molecule has 0 spiro atoms. The molecule has 0 radical (unpaired) electrons. The fourth-order valence-corrected chi connectivity index (χ4v) is 2.34. The average molecular weight is 299 g/mol. The highest BCUT2D eigenvalue weighted by Gasteiger charge is 2.20. The number of carbonyl (C=O) groups excluding carboxylic acids is 1. The number of rotatable bonds is 3. The molecular weight excluding hydrogens is 289 g/mol. The zero-order valence-corrected chi connectivity index (χ0v) is 11.5. The van der Waals surface area contributed by atoms with Gasteiger partial charge in [0.2, 0.25) is 0 Å². The molecule has 3 aromatic rings. The third-order valence-corrected chi connectivity index (χ3v) is 3.27. The van der Waals surface area contributed by atoms with Gasteiger partial charge in [-0.3, -0.25) is 19.3 Å². The molecule has 1 aromatic carbocycles. The van der Waals surface area contributed by atoms with Crippen molar-refractivity contribution in [1.82, 2.24) is 9.38 Å². The van der Waals surface area contributed by atoms with Crippen LogP contribution in [0.2, 0.25) is 0 Å². The molecule has 0 aliphatic carbocycles. The number of hydrogen-bond acceptors (Lipinski definition) is 4. The number of pyridine rings is 1. The minimum atomic E-state index is -0.568. The first-order valence-electron chi connectivity index (χ1n) is 6.41. The van der Waals surface area contributed by atoms with Crippen LogP contribution >= 0.6 is 0 Å². The largest absolute Gasteiger partial charge is 0.294 e. The molecule has 0 saturated heterocycles. The zero-order chi connectivity index (χ0) is 15.9. The molecule has 6 nitrogen and oxygen atoms in total. The van der Waals surface area contributed by atoms with E-state index in [2.05, 4.69) is 4.98 Å². The van der Waals surface area contributed by atoms with Crippen LogP contribution in [0.5, 0.6) is 0 Å². The summed E-state index contributed by atoms with van der Waals surface area (Å²) in [4.78, 5) is 26.4. The number of carbonyl (C=O) groups is 1. The maximum Gasteiger partial charge on any atom is 0.270 e. The van der Waals surface area contributed by atoms with Gasteiger partial charge in [0.25, 0.3) is 5.69 Å². The van der Waals surface area contributed by atoms with Crippen LogP contribution in [0.1, 0.15) is 17.4 Å². The van der Waals surface area contributed by atoms with Gasteiger partial charge in [0.05, 0.1) is 4.92 Å². The van der Waals surface area contributed by atoms with E-state index in [4.69, 9.17) is 0 Å². The Morgan fingerprint density at radius 1 is 1.32 bits per heavy atom. The van der Waals surface area contributed by atoms with E-state index in [1.165, 1.54) is 47.9 Å². The first-order valence-corrected chi connectivity index (χ1v) is 6.41. The van der Waals surface area contributed by atoms with Crippen LogP contribution < -0.4 is 0 Å². The lowest BCUT2D eigenvalue weighted by Crippen LogP contribution is -2.01. The van der Waals surface area contributed by atoms with Crippen LogP contribution in [0, 0.1) is 15.9 Å². The highest BCUT2D eigenvalue weighted by Crippen LogP contribution is 2.28. The molecule has 110 valence electrons. The third-order valence-electron chi connectivity index (χ3n) is 3.27. The van der Waals surface area contributed by atoms with E-state index in [-0.39, 0.29) is 28.5 Å². The van der Waals surface area contributed by atoms with E-state index in [1.54, 1.807) is 6.07 Å². The lowest BCUT2D eigenvalue weighted by Gasteiger charge is -2.01. The van der Waals surface area contributed by atoms with E-state index < -0.39 is 10.7 Å². The number of halogens is 1. The summed E-state index contributed by atoms with van der Waals surface area (Å²) in [7, 11) is 0. The van der Waals surface area contributed by atoms with Crippen LogP contribution in [-0.4, -0.2) is 20.1 Å². The zero-order valence-electron chi connectivity index (χ0n) is 11.5. The van der Waals surface area contributed by atoms with Crippen LogP contribution in [0.4, 0.5) is 10.1 Å². The number of aromatic nitrogens is 2. The van der Waals surface area contributed by atoms with Crippen LogP contribution in [0.3, 0.4) is 0 Å². The summed E-state index contributed by atoms with van der Waals surface area (Å²) in [5.74, 6) is -0.874. The molecule has 0 amide bonds. The Bertz CT molecular complexity index is 918. The summed E-state index contributed by atoms with van der Waals surface area (Å²) in [5.41, 5.74) is 0.692. The van der Waals surface area contributed by atoms with Crippen LogP contribution in [-0.2, 0) is 0 Å². The van der Waals surface area contributed by atoms with E-state index >= 15 is 0 Å². The summed E-state index contributed by atoms with van der Waals surface area (Å²) >= 11 is 0. The van der Waals surface area contributed by atoms with E-state index in [9.17, 15) is 19.3 Å². The van der Waals surface area contributed by atoms with Crippen molar-refractivity contribution in [2.24, 2.45) is 0 Å². The number of Topliss-reactive ketones (excluding diaryl/α,β-unsaturated/α-hetero) is 1. The van der Waals surface area contributed by atoms with Gasteiger partial charge in [0, 0.05) is 30.8 Å². The first kappa shape index (κ1) is 13.9. The molecule has 0 saturated carbocycles. The molecule has 0 aliphatic heterocycles. The first-order chi connectivity index (χ1) is 10.5. The number of fused-ring (bicyclic) bond motifs is 1. The van der Waals surface area contributed by atoms with Gasteiger partial charge in [-0.05, 0) is 12.1 Å². The lowest BCUT2D eigenvalue weighted by atomic mass is 10.1. The van der Waals surface area contributed by atoms with Gasteiger partial charge in [-0.1, -0.05) is 12.1 Å². The molecule has 22 heavy (non-hydrogen) atoms. The molecule has 0 bridgehead atoms. The summed E-state index contributed by atoms with van der Waals surface area (Å²) in [6.07, 6.45) is 1.53. The van der Waals surface area contributed by atoms with Crippen LogP contribution in [0.25, 0.3) is 16.9 Å². The molecule has 0 fully saturated rings. The molecule has 2 aromatic heterocycles. The van der Waals surface area contributed by atoms with Gasteiger partial charge in [0.15, 0.2) is 17.2 Å². The number of nitro groups is 1. The highest BCUT2D eigenvalue weighted by atomic mass is 19.1. The number of nitro benzene ring substituents is 1. The molecule has 0 unspecified atom stereocenters. The maximum absolute atomic E-state index is 13.9. The SMILES string of the molecule is CC(=O)c1c(-c2cccc([N+](=O)[O-])c2)nc2c(F)cccn12. The number of non-ortho nitro benzene ring substituents is 1. The second-order valence-corrected chi connectivity index (χ2v) is 4.72. The number of hydrogen-bond donors (Lipinski definition) is 0. The van der Waals surface area contributed by atoms with Crippen LogP contribution in [0.15, 0.2) is 42.6 Å². The topological polar surface area (TPSA) is 77.5 Å². The van der Waals surface area contributed by atoms with Crippen molar-refractivity contribution in [3.63, 3.8) is 0 Å². The molecule has 3 rings (SSSR count). The molecule has 0 atom stereocenters. The van der Waals surface area contributed by atoms with Crippen molar-refractivity contribution in [1.29, 1.82) is 0 Å². The van der Waals surface area contributed by atoms with Crippen molar-refractivity contribution in [2.45, 2.75) is 6.92 Å². The quantitative estimate of drug-likeness (QED) is 0.422. The fourth-order valence-electron chi connectivity index (χ4n) is 2.34. The molecular formula is C15H10FN3O3. The number of imidazole rings is 1. The van der Waals surface area contributed by atoms with Gasteiger partial charge in [-0.15, -0.1) is 0 Å². The Labute approximate surface area is 124 Å². The molecule has 0 aliphatic rings. The van der Waals surface area contributed by atoms with Gasteiger partial charge in [0.1, 0.15) is 11.4 Å². The standard InChI is InChI=1S/C15H10FN3O3/c1-9(20)14-13(10-4-2-5-11(8-10)19(21)22)17-15-12(16)6-3-7-18(14)15/h2-8H,1H3. The molecule has 0 N–H and O–H groups in total. The second kappa shape index (κ2) is 5.03. The van der Waals surface area contributed by atoms with E-state index in [0.29, 0.717) is 5.56 Å². The van der Waals surface area contributed by atoms with Gasteiger partial charge in [-0.2, -0.15) is 0 Å². The van der Waals surface area contributed by atoms with E-state index in [0.717, 1.165) is 0 Å². The maximum atomic E-state index is 13.9. The Morgan fingerprint density at radius 2 is 2.09 bits per heavy atom. The molecule has 2 heterocycles. The summed E-state index contributed by atoms with van der Waals surface area (Å²) in [6, 6.07) is 8.45. The summed E-state index contributed by atoms with van der Waals surface area (Å²) in [5, 5.41) is 10.9. The van der Waals surface area contributed by atoms with Crippen molar-refractivity contribution < 1.29 is 14.1 Å². The number of benzene rings is 1. The third kappa shape index (κ3) is 2.12. The monoisotopic (exact) mass is 299 g/mol. The van der Waals surface area contributed by atoms with Crippen molar-refractivity contribution in [3.8, 4) is 11.3 Å². The predicted molar refractivity (Wildman–Crippen MR) is 77.2 cm³/mol. The van der Waals surface area contributed by atoms with E-state index in [1.807, 2.05) is 0 Å². The number of ketones is 1. The minimum absolute atomic E-state index is 0.00852. The smallest absolute Gasteiger partial charge is 0.270 e. The van der Waals surface area contributed by atoms with Gasteiger partial charge < -0.3 is 0 Å². The average Bonchev–Trinajstić information content (AvgIpc) is 2.88. The highest BCUT2D eigenvalue weighted by molar-refractivity contribution is 5.99. The predicted octanol–water partition coefficient (Wildman–Crippen LogP) is 3.25. The summed E-state index contributed by atoms with van der Waals surface area (Å²) in [6.45, 7) is 1.34. The lowest BCUT2D eigenvalue weighted by molar-refractivity contribution is -0.384. The van der Waals surface area contributed by atoms with Crippen molar-refractivity contribution in [2.75, 3.05) is 0 Å². The fraction of sp³-hybridized carbons (Fsp3) is 0.0667. The normalized spacial score (nSPS) is 10.8. The Hall–Kier alpha value is -3.09. The Morgan fingerprint density at radius 3 is 2.77 bits per heavy atom.